The number of fused-ring (bicyclic) bond motifs is 1. The number of nitrogens with zero attached hydrogens (tertiary/aromatic N) is 1. The summed E-state index contributed by atoms with van der Waals surface area (Å²) in [7, 11) is 2.34. The molecule has 1 aromatic carbocycles. The predicted molar refractivity (Wildman–Crippen MR) is 84.6 cm³/mol. The molecule has 116 valence electrons. The molecule has 5 nitrogen and oxygen atoms in total. The number of hydrogen-bond donors (Lipinski definition) is 1. The van der Waals surface area contributed by atoms with Crippen molar-refractivity contribution in [1.82, 2.24) is 4.90 Å². The Labute approximate surface area is 128 Å². The molecule has 3 rings (SSSR count). The summed E-state index contributed by atoms with van der Waals surface area (Å²) in [4.78, 5) is 2.40. The van der Waals surface area contributed by atoms with Crippen molar-refractivity contribution in [3.8, 4) is 11.5 Å². The maximum atomic E-state index is 6.36. The van der Waals surface area contributed by atoms with Crippen molar-refractivity contribution in [2.45, 2.75) is 25.0 Å². The van der Waals surface area contributed by atoms with Crippen molar-refractivity contribution >= 4 is 9.47 Å². The highest BCUT2D eigenvalue weighted by Crippen LogP contribution is 2.35. The molecular formula is C15H23N2O3P. The van der Waals surface area contributed by atoms with Crippen LogP contribution < -0.4 is 15.2 Å². The SMILES string of the molecule is N[C@H](CN1CCCC1)[C@H](OP)c1ccc2c(c1)OCCO2. The first-order valence-electron chi connectivity index (χ1n) is 7.51. The number of rotatable bonds is 5. The normalized spacial score (nSPS) is 21.2. The van der Waals surface area contributed by atoms with E-state index in [9.17, 15) is 0 Å². The van der Waals surface area contributed by atoms with Gasteiger partial charge >= 0.3 is 0 Å². The second kappa shape index (κ2) is 6.93. The van der Waals surface area contributed by atoms with Crippen LogP contribution in [0, 0.1) is 0 Å². The van der Waals surface area contributed by atoms with Gasteiger partial charge in [0, 0.05) is 22.1 Å². The molecule has 0 saturated carbocycles. The maximum absolute atomic E-state index is 6.36. The van der Waals surface area contributed by atoms with Crippen molar-refractivity contribution in [3.05, 3.63) is 23.8 Å². The van der Waals surface area contributed by atoms with Gasteiger partial charge in [0.2, 0.25) is 0 Å². The van der Waals surface area contributed by atoms with Gasteiger partial charge in [0.1, 0.15) is 19.3 Å². The Kier molecular flexibility index (Phi) is 4.96. The molecule has 3 atom stereocenters. The quantitative estimate of drug-likeness (QED) is 0.839. The van der Waals surface area contributed by atoms with E-state index in [0.717, 1.165) is 36.7 Å². The van der Waals surface area contributed by atoms with Crippen LogP contribution in [0.3, 0.4) is 0 Å². The first kappa shape index (κ1) is 15.0. The van der Waals surface area contributed by atoms with Gasteiger partial charge in [-0.1, -0.05) is 6.07 Å². The molecule has 0 aliphatic carbocycles. The molecule has 1 unspecified atom stereocenters. The summed E-state index contributed by atoms with van der Waals surface area (Å²) < 4.78 is 16.8. The molecule has 0 amide bonds. The molecule has 0 bridgehead atoms. The first-order chi connectivity index (χ1) is 10.3. The lowest BCUT2D eigenvalue weighted by atomic mass is 10.0. The minimum atomic E-state index is -0.161. The predicted octanol–water partition coefficient (Wildman–Crippen LogP) is 1.73. The van der Waals surface area contributed by atoms with Gasteiger partial charge in [0.15, 0.2) is 11.5 Å². The van der Waals surface area contributed by atoms with Crippen LogP contribution in [0.15, 0.2) is 18.2 Å². The van der Waals surface area contributed by atoms with Crippen LogP contribution in [-0.2, 0) is 4.52 Å². The summed E-state index contributed by atoms with van der Waals surface area (Å²) in [5, 5.41) is 0. The van der Waals surface area contributed by atoms with E-state index in [1.807, 2.05) is 18.2 Å². The number of benzene rings is 1. The summed E-state index contributed by atoms with van der Waals surface area (Å²) in [5.74, 6) is 1.57. The number of hydrogen-bond acceptors (Lipinski definition) is 5. The maximum Gasteiger partial charge on any atom is 0.161 e. The molecule has 2 heterocycles. The Balaban J connectivity index is 1.72. The lowest BCUT2D eigenvalue weighted by Gasteiger charge is -2.28. The fourth-order valence-electron chi connectivity index (χ4n) is 3.02. The third-order valence-corrected chi connectivity index (χ3v) is 4.39. The first-order valence-corrected chi connectivity index (χ1v) is 7.98. The van der Waals surface area contributed by atoms with Crippen LogP contribution in [0.4, 0.5) is 0 Å². The van der Waals surface area contributed by atoms with E-state index >= 15 is 0 Å². The summed E-state index contributed by atoms with van der Waals surface area (Å²) in [6, 6.07) is 5.85. The molecular weight excluding hydrogens is 287 g/mol. The van der Waals surface area contributed by atoms with Crippen LogP contribution in [0.1, 0.15) is 24.5 Å². The van der Waals surface area contributed by atoms with Crippen LogP contribution in [0.5, 0.6) is 11.5 Å². The van der Waals surface area contributed by atoms with Gasteiger partial charge in [-0.2, -0.15) is 0 Å². The molecule has 21 heavy (non-hydrogen) atoms. The molecule has 1 saturated heterocycles. The summed E-state index contributed by atoms with van der Waals surface area (Å²) in [5.41, 5.74) is 7.39. The van der Waals surface area contributed by atoms with E-state index in [1.54, 1.807) is 0 Å². The third kappa shape index (κ3) is 3.49. The molecule has 0 spiro atoms. The monoisotopic (exact) mass is 310 g/mol. The van der Waals surface area contributed by atoms with E-state index in [1.165, 1.54) is 12.8 Å². The number of likely N-dealkylation sites (tertiary alicyclic amines) is 1. The smallest absolute Gasteiger partial charge is 0.161 e. The van der Waals surface area contributed by atoms with Gasteiger partial charge in [0.25, 0.3) is 0 Å². The highest BCUT2D eigenvalue weighted by molar-refractivity contribution is 7.09. The van der Waals surface area contributed by atoms with Crippen LogP contribution in [0.2, 0.25) is 0 Å². The summed E-state index contributed by atoms with van der Waals surface area (Å²) in [6.07, 6.45) is 2.37. The highest BCUT2D eigenvalue weighted by atomic mass is 31.0. The Morgan fingerprint density at radius 2 is 1.90 bits per heavy atom. The molecule has 6 heteroatoms. The Hall–Kier alpha value is -0.870. The van der Waals surface area contributed by atoms with Gasteiger partial charge in [-0.3, -0.25) is 0 Å². The van der Waals surface area contributed by atoms with Crippen molar-refractivity contribution in [1.29, 1.82) is 0 Å². The lowest BCUT2D eigenvalue weighted by Crippen LogP contribution is -2.40. The zero-order valence-corrected chi connectivity index (χ0v) is 13.3. The van der Waals surface area contributed by atoms with Gasteiger partial charge < -0.3 is 24.6 Å². The molecule has 0 radical (unpaired) electrons. The molecule has 2 aliphatic rings. The third-order valence-electron chi connectivity index (χ3n) is 4.10. The zero-order valence-electron chi connectivity index (χ0n) is 12.2. The van der Waals surface area contributed by atoms with Crippen LogP contribution in [-0.4, -0.2) is 43.8 Å². The summed E-state index contributed by atoms with van der Waals surface area (Å²) >= 11 is 0. The van der Waals surface area contributed by atoms with E-state index in [4.69, 9.17) is 19.7 Å². The minimum absolute atomic E-state index is 0.0665. The standard InChI is InChI=1S/C15H23N2O3P/c16-12(10-17-5-1-2-6-17)15(20-21)11-3-4-13-14(9-11)19-8-7-18-13/h3-4,9,12,15H,1-2,5-8,10,16,21H2/t12-,15-/m1/s1. The second-order valence-corrected chi connectivity index (χ2v) is 5.90. The molecule has 1 fully saturated rings. The van der Waals surface area contributed by atoms with Gasteiger partial charge in [0.05, 0.1) is 0 Å². The number of ether oxygens (including phenoxy) is 2. The topological polar surface area (TPSA) is 57.0 Å². The average Bonchev–Trinajstić information content (AvgIpc) is 3.01. The lowest BCUT2D eigenvalue weighted by molar-refractivity contribution is 0.163. The van der Waals surface area contributed by atoms with Crippen LogP contribution in [0.25, 0.3) is 0 Å². The van der Waals surface area contributed by atoms with E-state index in [2.05, 4.69) is 14.4 Å². The second-order valence-electron chi connectivity index (χ2n) is 5.63. The van der Waals surface area contributed by atoms with Gasteiger partial charge in [-0.05, 0) is 43.6 Å². The van der Waals surface area contributed by atoms with E-state index in [0.29, 0.717) is 13.2 Å². The van der Waals surface area contributed by atoms with E-state index in [-0.39, 0.29) is 12.1 Å². The van der Waals surface area contributed by atoms with Crippen molar-refractivity contribution in [2.75, 3.05) is 32.8 Å². The minimum Gasteiger partial charge on any atom is -0.486 e. The Morgan fingerprint density at radius 3 is 2.62 bits per heavy atom. The zero-order chi connectivity index (χ0) is 14.7. The Bertz CT molecular complexity index is 480. The highest BCUT2D eigenvalue weighted by Gasteiger charge is 2.25. The fourth-order valence-corrected chi connectivity index (χ4v) is 3.38. The van der Waals surface area contributed by atoms with Gasteiger partial charge in [-0.25, -0.2) is 0 Å². The largest absolute Gasteiger partial charge is 0.486 e. The number of nitrogens with two attached hydrogens (primary N) is 1. The molecule has 1 aromatic rings. The van der Waals surface area contributed by atoms with Crippen molar-refractivity contribution < 1.29 is 14.0 Å². The van der Waals surface area contributed by atoms with E-state index < -0.39 is 0 Å². The molecule has 0 aromatic heterocycles. The molecule has 2 N–H and O–H groups in total. The van der Waals surface area contributed by atoms with Crippen molar-refractivity contribution in [3.63, 3.8) is 0 Å². The fraction of sp³-hybridized carbons (Fsp3) is 0.600. The molecule has 2 aliphatic heterocycles. The average molecular weight is 310 g/mol. The van der Waals surface area contributed by atoms with Gasteiger partial charge in [-0.15, -0.1) is 0 Å². The van der Waals surface area contributed by atoms with Crippen LogP contribution >= 0.6 is 9.47 Å². The Morgan fingerprint density at radius 1 is 1.19 bits per heavy atom. The van der Waals surface area contributed by atoms with Crippen molar-refractivity contribution in [2.24, 2.45) is 5.73 Å². The summed E-state index contributed by atoms with van der Waals surface area (Å²) in [6.45, 7) is 4.32.